The molecule has 12 heteroatoms. The molecule has 0 bridgehead atoms. The minimum Gasteiger partial charge on any atom is -0.493 e. The third kappa shape index (κ3) is 9.48. The Morgan fingerprint density at radius 2 is 1.54 bits per heavy atom. The van der Waals surface area contributed by atoms with Crippen LogP contribution in [0.25, 0.3) is 11.0 Å². The molecular formula is C29H37NO11. The average molecular weight is 576 g/mol. The summed E-state index contributed by atoms with van der Waals surface area (Å²) in [4.78, 5) is 32.7. The molecule has 0 saturated heterocycles. The normalized spacial score (nSPS) is 12.0. The standard InChI is InChI=1S/C23H29NO4.C6H8O7/c1-15-6-8-20-19(10-15)17(3)23(28-20)14-24(12-16(2)25)13-18-7-9-21(26-4)22(11-18)27-5;7-3(8)1-6(13,5(11)12)2-4(9)10/h6-11,16,25H,12-14H2,1-5H3;13H,1-2H2,(H,7,8)(H,9,10)(H,11,12). The number of ether oxygens (including phenoxy) is 2. The Balaban J connectivity index is 0.000000383. The molecule has 3 aromatic rings. The van der Waals surface area contributed by atoms with Gasteiger partial charge in [-0.05, 0) is 56.2 Å². The molecule has 0 amide bonds. The molecule has 0 aliphatic rings. The van der Waals surface area contributed by atoms with Crippen LogP contribution in [0.3, 0.4) is 0 Å². The first kappa shape index (κ1) is 33.1. The van der Waals surface area contributed by atoms with Gasteiger partial charge < -0.3 is 39.4 Å². The molecule has 0 spiro atoms. The van der Waals surface area contributed by atoms with Crippen LogP contribution in [0.1, 0.15) is 42.2 Å². The predicted octanol–water partition coefficient (Wildman–Crippen LogP) is 3.20. The lowest BCUT2D eigenvalue weighted by Gasteiger charge is -2.23. The van der Waals surface area contributed by atoms with Gasteiger partial charge in [-0.1, -0.05) is 17.7 Å². The van der Waals surface area contributed by atoms with E-state index in [9.17, 15) is 19.5 Å². The van der Waals surface area contributed by atoms with E-state index in [1.54, 1.807) is 21.1 Å². The molecule has 0 aliphatic heterocycles. The summed E-state index contributed by atoms with van der Waals surface area (Å²) in [5, 5.41) is 45.0. The van der Waals surface area contributed by atoms with Crippen LogP contribution in [0.2, 0.25) is 0 Å². The SMILES string of the molecule is COc1ccc(CN(Cc2oc3ccc(C)cc3c2C)CC(C)O)cc1OC.O=C(O)CC(O)(CC(=O)O)C(=O)O. The molecule has 2 aromatic carbocycles. The van der Waals surface area contributed by atoms with Crippen molar-refractivity contribution in [2.24, 2.45) is 0 Å². The molecule has 1 aromatic heterocycles. The zero-order chi connectivity index (χ0) is 30.9. The second-order valence-electron chi connectivity index (χ2n) is 9.84. The van der Waals surface area contributed by atoms with Crippen LogP contribution in [-0.2, 0) is 27.5 Å². The summed E-state index contributed by atoms with van der Waals surface area (Å²) >= 11 is 0. The summed E-state index contributed by atoms with van der Waals surface area (Å²) < 4.78 is 16.9. The fourth-order valence-electron chi connectivity index (χ4n) is 4.25. The van der Waals surface area contributed by atoms with E-state index < -0.39 is 42.5 Å². The molecule has 0 saturated carbocycles. The van der Waals surface area contributed by atoms with Gasteiger partial charge in [-0.15, -0.1) is 0 Å². The first-order chi connectivity index (χ1) is 19.2. The van der Waals surface area contributed by atoms with E-state index in [-0.39, 0.29) is 0 Å². The number of furan rings is 1. The topological polar surface area (TPSA) is 187 Å². The van der Waals surface area contributed by atoms with Crippen LogP contribution in [0.15, 0.2) is 40.8 Å². The fraction of sp³-hybridized carbons (Fsp3) is 0.414. The maximum atomic E-state index is 10.3. The molecule has 5 N–H and O–H groups in total. The average Bonchev–Trinajstić information content (AvgIpc) is 3.17. The Morgan fingerprint density at radius 1 is 0.927 bits per heavy atom. The van der Waals surface area contributed by atoms with Crippen LogP contribution >= 0.6 is 0 Å². The lowest BCUT2D eigenvalue weighted by Crippen LogP contribution is -2.42. The molecule has 1 heterocycles. The van der Waals surface area contributed by atoms with Gasteiger partial charge in [0, 0.05) is 18.5 Å². The number of rotatable bonds is 13. The van der Waals surface area contributed by atoms with Crippen LogP contribution < -0.4 is 9.47 Å². The van der Waals surface area contributed by atoms with Crippen molar-refractivity contribution in [2.45, 2.75) is 58.4 Å². The first-order valence-corrected chi connectivity index (χ1v) is 12.7. The van der Waals surface area contributed by atoms with Crippen molar-refractivity contribution in [2.75, 3.05) is 20.8 Å². The van der Waals surface area contributed by atoms with Crippen LogP contribution in [0.4, 0.5) is 0 Å². The minimum atomic E-state index is -2.74. The van der Waals surface area contributed by atoms with Gasteiger partial charge in [0.05, 0.1) is 39.7 Å². The summed E-state index contributed by atoms with van der Waals surface area (Å²) in [6.07, 6.45) is -2.73. The lowest BCUT2D eigenvalue weighted by atomic mass is 9.96. The number of aliphatic hydroxyl groups excluding tert-OH is 1. The summed E-state index contributed by atoms with van der Waals surface area (Å²) in [5.41, 5.74) is 1.62. The number of aryl methyl sites for hydroxylation is 2. The Morgan fingerprint density at radius 3 is 2.05 bits per heavy atom. The number of benzene rings is 2. The third-order valence-corrected chi connectivity index (χ3v) is 6.22. The van der Waals surface area contributed by atoms with E-state index >= 15 is 0 Å². The van der Waals surface area contributed by atoms with Crippen LogP contribution in [0.5, 0.6) is 11.5 Å². The van der Waals surface area contributed by atoms with Crippen molar-refractivity contribution in [3.8, 4) is 11.5 Å². The van der Waals surface area contributed by atoms with E-state index in [1.165, 1.54) is 5.56 Å². The summed E-state index contributed by atoms with van der Waals surface area (Å²) in [6, 6.07) is 12.1. The molecule has 0 aliphatic carbocycles. The highest BCUT2D eigenvalue weighted by atomic mass is 16.5. The molecule has 224 valence electrons. The van der Waals surface area contributed by atoms with E-state index in [4.69, 9.17) is 34.3 Å². The zero-order valence-corrected chi connectivity index (χ0v) is 23.7. The quantitative estimate of drug-likeness (QED) is 0.201. The zero-order valence-electron chi connectivity index (χ0n) is 23.7. The molecule has 12 nitrogen and oxygen atoms in total. The summed E-state index contributed by atoms with van der Waals surface area (Å²) in [7, 11) is 3.26. The number of carbonyl (C=O) groups is 3. The molecule has 0 fully saturated rings. The number of hydrogen-bond donors (Lipinski definition) is 5. The summed E-state index contributed by atoms with van der Waals surface area (Å²) in [5.74, 6) is -2.68. The van der Waals surface area contributed by atoms with E-state index in [0.29, 0.717) is 31.1 Å². The van der Waals surface area contributed by atoms with Crippen molar-refractivity contribution in [3.05, 3.63) is 58.8 Å². The number of hydrogen-bond acceptors (Lipinski definition) is 9. The molecule has 3 rings (SSSR count). The molecule has 1 atom stereocenters. The number of aliphatic hydroxyl groups is 2. The van der Waals surface area contributed by atoms with E-state index in [0.717, 1.165) is 27.9 Å². The summed E-state index contributed by atoms with van der Waals surface area (Å²) in [6.45, 7) is 7.82. The van der Waals surface area contributed by atoms with Crippen molar-refractivity contribution in [1.82, 2.24) is 4.90 Å². The maximum absolute atomic E-state index is 10.3. The fourth-order valence-corrected chi connectivity index (χ4v) is 4.25. The highest BCUT2D eigenvalue weighted by Crippen LogP contribution is 2.30. The first-order valence-electron chi connectivity index (χ1n) is 12.7. The van der Waals surface area contributed by atoms with Crippen molar-refractivity contribution in [1.29, 1.82) is 0 Å². The van der Waals surface area contributed by atoms with Gasteiger partial charge in [0.1, 0.15) is 11.3 Å². The minimum absolute atomic E-state index is 0.438. The van der Waals surface area contributed by atoms with E-state index in [2.05, 4.69) is 30.9 Å². The Hall–Kier alpha value is -4.13. The smallest absolute Gasteiger partial charge is 0.336 e. The van der Waals surface area contributed by atoms with Gasteiger partial charge >= 0.3 is 17.9 Å². The Labute approximate surface area is 237 Å². The Bertz CT molecular complexity index is 1350. The van der Waals surface area contributed by atoms with Gasteiger partial charge in [-0.3, -0.25) is 14.5 Å². The molecular weight excluding hydrogens is 538 g/mol. The van der Waals surface area contributed by atoms with Crippen LogP contribution in [0, 0.1) is 13.8 Å². The van der Waals surface area contributed by atoms with Crippen molar-refractivity contribution >= 4 is 28.9 Å². The van der Waals surface area contributed by atoms with Gasteiger partial charge in [0.25, 0.3) is 0 Å². The highest BCUT2D eigenvalue weighted by molar-refractivity contribution is 5.88. The third-order valence-electron chi connectivity index (χ3n) is 6.22. The molecule has 41 heavy (non-hydrogen) atoms. The van der Waals surface area contributed by atoms with Crippen molar-refractivity contribution < 1.29 is 53.8 Å². The number of nitrogens with zero attached hydrogens (tertiary/aromatic N) is 1. The Kier molecular flexibility index (Phi) is 11.7. The number of carboxylic acid groups (broad SMARTS) is 3. The van der Waals surface area contributed by atoms with Crippen molar-refractivity contribution in [3.63, 3.8) is 0 Å². The number of carboxylic acids is 3. The largest absolute Gasteiger partial charge is 0.493 e. The van der Waals surface area contributed by atoms with Crippen LogP contribution in [-0.4, -0.2) is 80.8 Å². The van der Waals surface area contributed by atoms with Gasteiger partial charge in [-0.25, -0.2) is 4.79 Å². The van der Waals surface area contributed by atoms with E-state index in [1.807, 2.05) is 24.3 Å². The van der Waals surface area contributed by atoms with Gasteiger partial charge in [0.15, 0.2) is 17.1 Å². The number of methoxy groups -OCH3 is 2. The second-order valence-corrected chi connectivity index (χ2v) is 9.84. The second kappa shape index (κ2) is 14.5. The monoisotopic (exact) mass is 575 g/mol. The van der Waals surface area contributed by atoms with Gasteiger partial charge in [-0.2, -0.15) is 0 Å². The molecule has 0 radical (unpaired) electrons. The van der Waals surface area contributed by atoms with Gasteiger partial charge in [0.2, 0.25) is 0 Å². The molecule has 1 unspecified atom stereocenters. The predicted molar refractivity (Wildman–Crippen MR) is 148 cm³/mol. The number of fused-ring (bicyclic) bond motifs is 1. The lowest BCUT2D eigenvalue weighted by molar-refractivity contribution is -0.170. The maximum Gasteiger partial charge on any atom is 0.336 e. The highest BCUT2D eigenvalue weighted by Gasteiger charge is 2.40. The number of aliphatic carboxylic acids is 3.